The van der Waals surface area contributed by atoms with E-state index in [0.717, 1.165) is 4.31 Å². The average Bonchev–Trinajstić information content (AvgIpc) is 2.27. The highest BCUT2D eigenvalue weighted by Crippen LogP contribution is 2.30. The molecule has 0 saturated carbocycles. The van der Waals surface area contributed by atoms with Crippen molar-refractivity contribution in [1.29, 1.82) is 0 Å². The lowest BCUT2D eigenvalue weighted by atomic mass is 10.2. The van der Waals surface area contributed by atoms with Gasteiger partial charge < -0.3 is 10.5 Å². The fourth-order valence-electron chi connectivity index (χ4n) is 1.33. The molecule has 0 heterocycles. The van der Waals surface area contributed by atoms with Crippen LogP contribution < -0.4 is 10.5 Å². The van der Waals surface area contributed by atoms with Crippen molar-refractivity contribution in [3.8, 4) is 5.75 Å². The smallest absolute Gasteiger partial charge is 0.244 e. The molecule has 0 aromatic heterocycles. The Labute approximate surface area is 109 Å². The summed E-state index contributed by atoms with van der Waals surface area (Å²) in [5, 5.41) is 0. The first kappa shape index (κ1) is 14.8. The van der Waals surface area contributed by atoms with Crippen LogP contribution >= 0.6 is 0 Å². The number of hydrogen-bond donors (Lipinski definition) is 1. The van der Waals surface area contributed by atoms with Crippen molar-refractivity contribution in [3.05, 3.63) is 18.2 Å². The van der Waals surface area contributed by atoms with E-state index in [1.54, 1.807) is 12.1 Å². The zero-order chi connectivity index (χ0) is 13.9. The van der Waals surface area contributed by atoms with Gasteiger partial charge in [0.05, 0.1) is 12.3 Å². The maximum Gasteiger partial charge on any atom is 0.244 e. The molecule has 2 N–H and O–H groups in total. The van der Waals surface area contributed by atoms with Crippen LogP contribution in [0.1, 0.15) is 13.8 Å². The summed E-state index contributed by atoms with van der Waals surface area (Å²) in [6.45, 7) is 4.52. The fraction of sp³-hybridized carbons (Fsp3) is 0.500. The Bertz CT molecular complexity index is 510. The molecule has 0 unspecified atom stereocenters. The van der Waals surface area contributed by atoms with Crippen molar-refractivity contribution in [1.82, 2.24) is 4.31 Å². The summed E-state index contributed by atoms with van der Waals surface area (Å²) in [6, 6.07) is 4.78. The van der Waals surface area contributed by atoms with E-state index in [0.29, 0.717) is 18.3 Å². The molecule has 0 spiro atoms. The van der Waals surface area contributed by atoms with Crippen LogP contribution in [0.2, 0.25) is 0 Å². The molecule has 0 bridgehead atoms. The summed E-state index contributed by atoms with van der Waals surface area (Å²) >= 11 is 0. The van der Waals surface area contributed by atoms with Crippen molar-refractivity contribution >= 4 is 15.7 Å². The van der Waals surface area contributed by atoms with E-state index in [9.17, 15) is 8.42 Å². The predicted molar refractivity (Wildman–Crippen MR) is 72.1 cm³/mol. The van der Waals surface area contributed by atoms with Gasteiger partial charge in [-0.25, -0.2) is 12.7 Å². The number of nitrogens with two attached hydrogens (primary N) is 1. The molecule has 102 valence electrons. The molecule has 0 saturated heterocycles. The summed E-state index contributed by atoms with van der Waals surface area (Å²) in [6.07, 6.45) is 0. The Hall–Kier alpha value is -1.27. The van der Waals surface area contributed by atoms with E-state index >= 15 is 0 Å². The van der Waals surface area contributed by atoms with Crippen molar-refractivity contribution in [2.45, 2.75) is 18.7 Å². The first-order valence-corrected chi connectivity index (χ1v) is 7.14. The lowest BCUT2D eigenvalue weighted by Crippen LogP contribution is -2.23. The third kappa shape index (κ3) is 3.14. The highest BCUT2D eigenvalue weighted by atomic mass is 32.2. The largest absolute Gasteiger partial charge is 0.491 e. The van der Waals surface area contributed by atoms with E-state index in [-0.39, 0.29) is 10.6 Å². The van der Waals surface area contributed by atoms with Gasteiger partial charge in [0.25, 0.3) is 0 Å². The number of nitrogens with zero attached hydrogens (tertiary/aromatic N) is 1. The van der Waals surface area contributed by atoms with E-state index in [1.807, 2.05) is 13.8 Å². The summed E-state index contributed by atoms with van der Waals surface area (Å²) in [5.74, 6) is 0.755. The molecule has 1 rings (SSSR count). The summed E-state index contributed by atoms with van der Waals surface area (Å²) < 4.78 is 30.7. The minimum atomic E-state index is -3.54. The Morgan fingerprint density at radius 2 is 1.94 bits per heavy atom. The monoisotopic (exact) mass is 272 g/mol. The molecule has 0 atom stereocenters. The standard InChI is InChI=1S/C12H20N2O3S/c1-9(2)8-17-10-6-5-7-11(12(10)13)18(15,16)14(3)4/h5-7,9H,8,13H2,1-4H3. The fourth-order valence-corrected chi connectivity index (χ4v) is 2.35. The lowest BCUT2D eigenvalue weighted by molar-refractivity contribution is 0.272. The Morgan fingerprint density at radius 1 is 1.33 bits per heavy atom. The molecule has 0 aliphatic rings. The third-order valence-electron chi connectivity index (χ3n) is 2.36. The predicted octanol–water partition coefficient (Wildman–Crippen LogP) is 1.55. The molecular formula is C12H20N2O3S. The van der Waals surface area contributed by atoms with Gasteiger partial charge in [-0.1, -0.05) is 19.9 Å². The van der Waals surface area contributed by atoms with Gasteiger partial charge in [-0.15, -0.1) is 0 Å². The summed E-state index contributed by atoms with van der Waals surface area (Å²) in [7, 11) is -0.603. The zero-order valence-corrected chi connectivity index (χ0v) is 12.0. The van der Waals surface area contributed by atoms with Gasteiger partial charge in [-0.05, 0) is 18.1 Å². The van der Waals surface area contributed by atoms with Gasteiger partial charge >= 0.3 is 0 Å². The first-order chi connectivity index (χ1) is 8.26. The molecular weight excluding hydrogens is 252 g/mol. The van der Waals surface area contributed by atoms with Crippen LogP contribution in [-0.4, -0.2) is 33.4 Å². The Balaban J connectivity index is 3.14. The Morgan fingerprint density at radius 3 is 2.44 bits per heavy atom. The van der Waals surface area contributed by atoms with Crippen LogP contribution in [0.4, 0.5) is 5.69 Å². The summed E-state index contributed by atoms with van der Waals surface area (Å²) in [5.41, 5.74) is 6.02. The molecule has 0 fully saturated rings. The number of benzene rings is 1. The average molecular weight is 272 g/mol. The topological polar surface area (TPSA) is 72.6 Å². The second-order valence-electron chi connectivity index (χ2n) is 4.66. The second-order valence-corrected chi connectivity index (χ2v) is 6.78. The number of nitrogen functional groups attached to an aromatic ring is 1. The van der Waals surface area contributed by atoms with Crippen molar-refractivity contribution < 1.29 is 13.2 Å². The molecule has 0 aliphatic carbocycles. The first-order valence-electron chi connectivity index (χ1n) is 5.70. The van der Waals surface area contributed by atoms with E-state index in [1.165, 1.54) is 20.2 Å². The molecule has 18 heavy (non-hydrogen) atoms. The van der Waals surface area contributed by atoms with Crippen LogP contribution in [0.15, 0.2) is 23.1 Å². The maximum atomic E-state index is 12.0. The third-order valence-corrected chi connectivity index (χ3v) is 4.23. The van der Waals surface area contributed by atoms with Gasteiger partial charge in [0.2, 0.25) is 10.0 Å². The summed E-state index contributed by atoms with van der Waals surface area (Å²) in [4.78, 5) is 0.0776. The highest BCUT2D eigenvalue weighted by Gasteiger charge is 2.22. The van der Waals surface area contributed by atoms with Crippen LogP contribution in [0.3, 0.4) is 0 Å². The molecule has 0 amide bonds. The van der Waals surface area contributed by atoms with Gasteiger partial charge in [0, 0.05) is 14.1 Å². The SMILES string of the molecule is CC(C)COc1cccc(S(=O)(=O)N(C)C)c1N. The lowest BCUT2D eigenvalue weighted by Gasteiger charge is -2.16. The van der Waals surface area contributed by atoms with Crippen LogP contribution in [0, 0.1) is 5.92 Å². The van der Waals surface area contributed by atoms with E-state index in [2.05, 4.69) is 0 Å². The minimum absolute atomic E-state index is 0.0776. The van der Waals surface area contributed by atoms with E-state index < -0.39 is 10.0 Å². The van der Waals surface area contributed by atoms with Crippen molar-refractivity contribution in [3.63, 3.8) is 0 Å². The van der Waals surface area contributed by atoms with Crippen LogP contribution in [0.5, 0.6) is 5.75 Å². The molecule has 0 aliphatic heterocycles. The van der Waals surface area contributed by atoms with Crippen molar-refractivity contribution in [2.24, 2.45) is 5.92 Å². The molecule has 1 aromatic rings. The normalized spacial score (nSPS) is 12.1. The van der Waals surface area contributed by atoms with Gasteiger partial charge in [-0.3, -0.25) is 0 Å². The second kappa shape index (κ2) is 5.58. The molecule has 5 nitrogen and oxygen atoms in total. The van der Waals surface area contributed by atoms with E-state index in [4.69, 9.17) is 10.5 Å². The number of para-hydroxylation sites is 1. The van der Waals surface area contributed by atoms with Crippen molar-refractivity contribution in [2.75, 3.05) is 26.4 Å². The number of rotatable bonds is 5. The van der Waals surface area contributed by atoms with Gasteiger partial charge in [0.15, 0.2) is 0 Å². The van der Waals surface area contributed by atoms with Gasteiger partial charge in [-0.2, -0.15) is 0 Å². The van der Waals surface area contributed by atoms with Crippen LogP contribution in [0.25, 0.3) is 0 Å². The number of hydrogen-bond acceptors (Lipinski definition) is 4. The Kier molecular flexibility index (Phi) is 4.59. The maximum absolute atomic E-state index is 12.0. The highest BCUT2D eigenvalue weighted by molar-refractivity contribution is 7.89. The number of sulfonamides is 1. The quantitative estimate of drug-likeness (QED) is 0.825. The minimum Gasteiger partial charge on any atom is -0.491 e. The molecule has 1 aromatic carbocycles. The molecule has 6 heteroatoms. The number of ether oxygens (including phenoxy) is 1. The molecule has 0 radical (unpaired) electrons. The van der Waals surface area contributed by atoms with Crippen LogP contribution in [-0.2, 0) is 10.0 Å². The van der Waals surface area contributed by atoms with Gasteiger partial charge in [0.1, 0.15) is 10.6 Å². The zero-order valence-electron chi connectivity index (χ0n) is 11.2. The number of anilines is 1.